The average molecular weight is 410 g/mol. The lowest BCUT2D eigenvalue weighted by Crippen LogP contribution is -2.27. The van der Waals surface area contributed by atoms with E-state index in [2.05, 4.69) is 39.0 Å². The smallest absolute Gasteiger partial charge is 0.254 e. The van der Waals surface area contributed by atoms with Crippen LogP contribution in [0.2, 0.25) is 0 Å². The van der Waals surface area contributed by atoms with Gasteiger partial charge in [0.2, 0.25) is 12.7 Å². The zero-order valence-corrected chi connectivity index (χ0v) is 17.1. The van der Waals surface area contributed by atoms with Gasteiger partial charge in [0.1, 0.15) is 0 Å². The number of carbonyl (C=O) groups excluding carboxylic acids is 1. The number of anilines is 1. The maximum Gasteiger partial charge on any atom is 0.254 e. The van der Waals surface area contributed by atoms with Crippen LogP contribution in [-0.2, 0) is 13.0 Å². The fourth-order valence-corrected chi connectivity index (χ4v) is 3.96. The molecule has 1 aromatic carbocycles. The number of hydrogen-bond donors (Lipinski definition) is 2. The number of amides is 1. The Morgan fingerprint density at radius 1 is 1.21 bits per heavy atom. The van der Waals surface area contributed by atoms with E-state index in [4.69, 9.17) is 9.47 Å². The molecule has 0 fully saturated rings. The van der Waals surface area contributed by atoms with E-state index in [0.717, 1.165) is 23.5 Å². The van der Waals surface area contributed by atoms with E-state index in [1.165, 1.54) is 10.4 Å². The molecular formula is C21H22N4O3S. The van der Waals surface area contributed by atoms with Crippen molar-refractivity contribution in [3.8, 4) is 11.5 Å². The Labute approximate surface area is 173 Å². The van der Waals surface area contributed by atoms with Crippen LogP contribution in [0.3, 0.4) is 0 Å². The van der Waals surface area contributed by atoms with E-state index in [1.807, 2.05) is 25.1 Å². The zero-order chi connectivity index (χ0) is 20.2. The molecule has 0 saturated carbocycles. The maximum absolute atomic E-state index is 12.4. The van der Waals surface area contributed by atoms with Gasteiger partial charge in [0, 0.05) is 24.2 Å². The van der Waals surface area contributed by atoms with Crippen molar-refractivity contribution in [2.75, 3.05) is 18.7 Å². The lowest BCUT2D eigenvalue weighted by Gasteiger charge is -2.10. The molecule has 0 saturated heterocycles. The molecule has 8 heteroatoms. The van der Waals surface area contributed by atoms with E-state index < -0.39 is 0 Å². The summed E-state index contributed by atoms with van der Waals surface area (Å²) in [6.45, 7) is 5.28. The summed E-state index contributed by atoms with van der Waals surface area (Å²) in [6.07, 6.45) is 2.39. The predicted octanol–water partition coefficient (Wildman–Crippen LogP) is 3.47. The largest absolute Gasteiger partial charge is 0.454 e. The molecule has 0 aliphatic carbocycles. The molecule has 1 amide bonds. The van der Waals surface area contributed by atoms with E-state index in [-0.39, 0.29) is 12.7 Å². The number of nitrogens with one attached hydrogen (secondary N) is 2. The summed E-state index contributed by atoms with van der Waals surface area (Å²) < 4.78 is 10.7. The third kappa shape index (κ3) is 4.48. The molecule has 2 N–H and O–H groups in total. The summed E-state index contributed by atoms with van der Waals surface area (Å²) in [7, 11) is 0. The van der Waals surface area contributed by atoms with E-state index in [1.54, 1.807) is 17.5 Å². The molecule has 0 bridgehead atoms. The molecule has 3 heterocycles. The third-order valence-corrected chi connectivity index (χ3v) is 5.80. The van der Waals surface area contributed by atoms with Crippen LogP contribution in [-0.4, -0.2) is 29.2 Å². The first-order valence-corrected chi connectivity index (χ1v) is 10.3. The van der Waals surface area contributed by atoms with Crippen molar-refractivity contribution in [2.24, 2.45) is 0 Å². The summed E-state index contributed by atoms with van der Waals surface area (Å²) in [5.41, 5.74) is 3.42. The fraction of sp³-hybridized carbons (Fsp3) is 0.286. The summed E-state index contributed by atoms with van der Waals surface area (Å²) in [4.78, 5) is 22.4. The molecule has 29 heavy (non-hydrogen) atoms. The van der Waals surface area contributed by atoms with Gasteiger partial charge in [-0.3, -0.25) is 4.79 Å². The normalized spacial score (nSPS) is 12.1. The van der Waals surface area contributed by atoms with Gasteiger partial charge in [0.25, 0.3) is 5.91 Å². The predicted molar refractivity (Wildman–Crippen MR) is 112 cm³/mol. The molecule has 0 radical (unpaired) electrons. The van der Waals surface area contributed by atoms with E-state index in [9.17, 15) is 4.79 Å². The quantitative estimate of drug-likeness (QED) is 0.620. The highest BCUT2D eigenvalue weighted by Gasteiger charge is 2.14. The van der Waals surface area contributed by atoms with Gasteiger partial charge < -0.3 is 20.1 Å². The first-order valence-electron chi connectivity index (χ1n) is 9.37. The minimum Gasteiger partial charge on any atom is -0.454 e. The van der Waals surface area contributed by atoms with Gasteiger partial charge in [-0.15, -0.1) is 11.3 Å². The van der Waals surface area contributed by atoms with Crippen molar-refractivity contribution < 1.29 is 14.3 Å². The van der Waals surface area contributed by atoms with Crippen molar-refractivity contribution in [1.82, 2.24) is 15.3 Å². The lowest BCUT2D eigenvalue weighted by molar-refractivity contribution is 0.0952. The van der Waals surface area contributed by atoms with Crippen molar-refractivity contribution in [3.05, 3.63) is 63.1 Å². The highest BCUT2D eigenvalue weighted by Crippen LogP contribution is 2.32. The second-order valence-corrected chi connectivity index (χ2v) is 7.77. The van der Waals surface area contributed by atoms with Crippen LogP contribution >= 0.6 is 11.3 Å². The molecule has 0 unspecified atom stereocenters. The first-order chi connectivity index (χ1) is 14.1. The number of aromatic nitrogens is 2. The molecule has 4 rings (SSSR count). The number of rotatable bonds is 7. The molecular weight excluding hydrogens is 388 g/mol. The molecule has 1 aliphatic rings. The topological polar surface area (TPSA) is 85.4 Å². The Bertz CT molecular complexity index is 1030. The SMILES string of the molecule is Cc1ccsc1CCNC(=O)c1cnc(NCc2ccc3c(c2)OCO3)nc1C. The van der Waals surface area contributed by atoms with Crippen LogP contribution < -0.4 is 20.1 Å². The number of hydrogen-bond acceptors (Lipinski definition) is 7. The lowest BCUT2D eigenvalue weighted by atomic mass is 10.2. The summed E-state index contributed by atoms with van der Waals surface area (Å²) in [5.74, 6) is 1.82. The van der Waals surface area contributed by atoms with Gasteiger partial charge in [0.15, 0.2) is 11.5 Å². The Morgan fingerprint density at radius 2 is 2.07 bits per heavy atom. The number of benzene rings is 1. The number of carbonyl (C=O) groups is 1. The van der Waals surface area contributed by atoms with Crippen LogP contribution in [0.5, 0.6) is 11.5 Å². The number of ether oxygens (including phenoxy) is 2. The first kappa shape index (κ1) is 19.2. The van der Waals surface area contributed by atoms with Gasteiger partial charge in [-0.25, -0.2) is 9.97 Å². The monoisotopic (exact) mass is 410 g/mol. The zero-order valence-electron chi connectivity index (χ0n) is 16.3. The Kier molecular flexibility index (Phi) is 5.62. The van der Waals surface area contributed by atoms with E-state index >= 15 is 0 Å². The van der Waals surface area contributed by atoms with Gasteiger partial charge in [0.05, 0.1) is 11.3 Å². The van der Waals surface area contributed by atoms with Gasteiger partial charge in [-0.05, 0) is 55.0 Å². The molecule has 0 atom stereocenters. The summed E-state index contributed by atoms with van der Waals surface area (Å²) in [5, 5.41) is 8.20. The molecule has 7 nitrogen and oxygen atoms in total. The minimum atomic E-state index is -0.154. The molecule has 0 spiro atoms. The van der Waals surface area contributed by atoms with Crippen molar-refractivity contribution >= 4 is 23.2 Å². The van der Waals surface area contributed by atoms with Crippen molar-refractivity contribution in [3.63, 3.8) is 0 Å². The maximum atomic E-state index is 12.4. The molecule has 2 aromatic heterocycles. The van der Waals surface area contributed by atoms with Crippen LogP contribution in [0.25, 0.3) is 0 Å². The second kappa shape index (κ2) is 8.48. The average Bonchev–Trinajstić information content (AvgIpc) is 3.34. The number of thiophene rings is 1. The van der Waals surface area contributed by atoms with Gasteiger partial charge in [-0.2, -0.15) is 0 Å². The number of aryl methyl sites for hydroxylation is 2. The van der Waals surface area contributed by atoms with Gasteiger partial charge >= 0.3 is 0 Å². The molecule has 1 aliphatic heterocycles. The number of nitrogens with zero attached hydrogens (tertiary/aromatic N) is 2. The van der Waals surface area contributed by atoms with Crippen LogP contribution in [0.15, 0.2) is 35.8 Å². The number of fused-ring (bicyclic) bond motifs is 1. The minimum absolute atomic E-state index is 0.154. The summed E-state index contributed by atoms with van der Waals surface area (Å²) >= 11 is 1.71. The van der Waals surface area contributed by atoms with E-state index in [0.29, 0.717) is 30.3 Å². The van der Waals surface area contributed by atoms with Gasteiger partial charge in [-0.1, -0.05) is 6.07 Å². The van der Waals surface area contributed by atoms with Crippen LogP contribution in [0.1, 0.15) is 32.1 Å². The fourth-order valence-electron chi connectivity index (χ4n) is 3.05. The molecule has 3 aromatic rings. The Balaban J connectivity index is 1.32. The van der Waals surface area contributed by atoms with Crippen LogP contribution in [0.4, 0.5) is 5.95 Å². The summed E-state index contributed by atoms with van der Waals surface area (Å²) in [6, 6.07) is 7.87. The third-order valence-electron chi connectivity index (χ3n) is 4.72. The molecule has 150 valence electrons. The Morgan fingerprint density at radius 3 is 2.86 bits per heavy atom. The van der Waals surface area contributed by atoms with Crippen molar-refractivity contribution in [1.29, 1.82) is 0 Å². The van der Waals surface area contributed by atoms with Crippen LogP contribution in [0, 0.1) is 13.8 Å². The van der Waals surface area contributed by atoms with Crippen molar-refractivity contribution in [2.45, 2.75) is 26.8 Å². The standard InChI is InChI=1S/C21H22N4O3S/c1-13-6-8-29-19(13)5-7-22-20(26)16-11-24-21(25-14(16)2)23-10-15-3-4-17-18(9-15)28-12-27-17/h3-4,6,8-9,11H,5,7,10,12H2,1-2H3,(H,22,26)(H,23,24,25). The Hall–Kier alpha value is -3.13. The highest BCUT2D eigenvalue weighted by molar-refractivity contribution is 7.10. The highest BCUT2D eigenvalue weighted by atomic mass is 32.1. The second-order valence-electron chi connectivity index (χ2n) is 6.77.